The number of hydrogen-bond donors (Lipinski definition) is 1. The Morgan fingerprint density at radius 3 is 2.22 bits per heavy atom. The number of amides is 5. The summed E-state index contributed by atoms with van der Waals surface area (Å²) in [6, 6.07) is 4.21. The van der Waals surface area contributed by atoms with E-state index in [1.807, 2.05) is 0 Å². The summed E-state index contributed by atoms with van der Waals surface area (Å²) in [5.41, 5.74) is 0.320. The fraction of sp³-hybridized carbons (Fsp3) is 0.333. The summed E-state index contributed by atoms with van der Waals surface area (Å²) in [7, 11) is 0. The van der Waals surface area contributed by atoms with Crippen molar-refractivity contribution >= 4 is 29.4 Å². The molecule has 122 valence electrons. The normalized spacial score (nSPS) is 14.9. The molecule has 8 heteroatoms. The minimum Gasteiger partial charge on any atom is -0.325 e. The first-order chi connectivity index (χ1) is 10.8. The summed E-state index contributed by atoms with van der Waals surface area (Å²) in [5.74, 6) is -3.06. The molecule has 23 heavy (non-hydrogen) atoms. The third-order valence-corrected chi connectivity index (χ3v) is 3.11. The van der Waals surface area contributed by atoms with Crippen molar-refractivity contribution in [3.63, 3.8) is 0 Å². The van der Waals surface area contributed by atoms with Crippen molar-refractivity contribution in [2.24, 2.45) is 5.92 Å². The van der Waals surface area contributed by atoms with Gasteiger partial charge in [0.1, 0.15) is 12.4 Å². The summed E-state index contributed by atoms with van der Waals surface area (Å²) < 4.78 is 12.8. The maximum Gasteiger partial charge on any atom is 0.334 e. The second-order valence-electron chi connectivity index (χ2n) is 5.54. The zero-order chi connectivity index (χ0) is 17.1. The second kappa shape index (κ2) is 6.55. The number of carbonyl (C=O) groups excluding carboxylic acids is 4. The van der Waals surface area contributed by atoms with E-state index >= 15 is 0 Å². The molecule has 2 rings (SSSR count). The number of urea groups is 1. The Morgan fingerprint density at radius 1 is 1.09 bits per heavy atom. The van der Waals surface area contributed by atoms with Crippen LogP contribution in [-0.4, -0.2) is 46.6 Å². The molecule has 1 aromatic rings. The van der Waals surface area contributed by atoms with Crippen LogP contribution in [0.3, 0.4) is 0 Å². The molecule has 1 heterocycles. The first-order valence-corrected chi connectivity index (χ1v) is 7.02. The van der Waals surface area contributed by atoms with Crippen molar-refractivity contribution in [1.82, 2.24) is 9.80 Å². The maximum atomic E-state index is 12.8. The van der Waals surface area contributed by atoms with Crippen molar-refractivity contribution < 1.29 is 23.6 Å². The zero-order valence-corrected chi connectivity index (χ0v) is 12.7. The summed E-state index contributed by atoms with van der Waals surface area (Å²) >= 11 is 0. The van der Waals surface area contributed by atoms with Gasteiger partial charge in [-0.3, -0.25) is 19.3 Å². The molecule has 1 aromatic carbocycles. The molecule has 0 aromatic heterocycles. The average molecular weight is 321 g/mol. The Morgan fingerprint density at radius 2 is 1.65 bits per heavy atom. The summed E-state index contributed by atoms with van der Waals surface area (Å²) in [6.45, 7) is 3.14. The van der Waals surface area contributed by atoms with Gasteiger partial charge in [-0.1, -0.05) is 13.8 Å². The maximum absolute atomic E-state index is 12.8. The Bertz CT molecular complexity index is 657. The molecule has 7 nitrogen and oxygen atoms in total. The number of benzene rings is 1. The Hall–Kier alpha value is -2.77. The summed E-state index contributed by atoms with van der Waals surface area (Å²) in [4.78, 5) is 49.0. The van der Waals surface area contributed by atoms with Gasteiger partial charge in [-0.15, -0.1) is 0 Å². The van der Waals surface area contributed by atoms with E-state index in [1.165, 1.54) is 12.1 Å². The average Bonchev–Trinajstić information content (AvgIpc) is 2.67. The Balaban J connectivity index is 2.02. The Kier molecular flexibility index (Phi) is 4.73. The SMILES string of the molecule is CC(C)CN1C(=O)C(=O)N(CC(=O)Nc2ccc(F)cc2)C1=O. The van der Waals surface area contributed by atoms with Crippen LogP contribution in [0.5, 0.6) is 0 Å². The van der Waals surface area contributed by atoms with Gasteiger partial charge in [-0.25, -0.2) is 14.1 Å². The van der Waals surface area contributed by atoms with Crippen molar-refractivity contribution in [2.75, 3.05) is 18.4 Å². The van der Waals surface area contributed by atoms with Gasteiger partial charge < -0.3 is 5.32 Å². The molecule has 0 atom stereocenters. The molecule has 0 radical (unpaired) electrons. The predicted molar refractivity (Wildman–Crippen MR) is 78.7 cm³/mol. The van der Waals surface area contributed by atoms with Gasteiger partial charge in [0.25, 0.3) is 0 Å². The fourth-order valence-corrected chi connectivity index (χ4v) is 2.09. The highest BCUT2D eigenvalue weighted by Gasteiger charge is 2.45. The lowest BCUT2D eigenvalue weighted by Crippen LogP contribution is -2.39. The van der Waals surface area contributed by atoms with Crippen molar-refractivity contribution in [3.05, 3.63) is 30.1 Å². The number of halogens is 1. The molecule has 1 N–H and O–H groups in total. The van der Waals surface area contributed by atoms with Crippen LogP contribution < -0.4 is 5.32 Å². The van der Waals surface area contributed by atoms with Crippen LogP contribution in [0.15, 0.2) is 24.3 Å². The van der Waals surface area contributed by atoms with Gasteiger partial charge in [-0.05, 0) is 30.2 Å². The fourth-order valence-electron chi connectivity index (χ4n) is 2.09. The lowest BCUT2D eigenvalue weighted by Gasteiger charge is -2.16. The van der Waals surface area contributed by atoms with Gasteiger partial charge in [0.15, 0.2) is 0 Å². The van der Waals surface area contributed by atoms with Gasteiger partial charge in [0.05, 0.1) is 0 Å². The molecule has 0 unspecified atom stereocenters. The second-order valence-corrected chi connectivity index (χ2v) is 5.54. The number of nitrogens with one attached hydrogen (secondary N) is 1. The van der Waals surface area contributed by atoms with Crippen molar-refractivity contribution in [1.29, 1.82) is 0 Å². The van der Waals surface area contributed by atoms with E-state index in [9.17, 15) is 23.6 Å². The number of rotatable bonds is 5. The lowest BCUT2D eigenvalue weighted by molar-refractivity contribution is -0.143. The van der Waals surface area contributed by atoms with Crippen LogP contribution in [-0.2, 0) is 14.4 Å². The van der Waals surface area contributed by atoms with E-state index in [4.69, 9.17) is 0 Å². The standard InChI is InChI=1S/C15H16FN3O4/c1-9(2)7-18-13(21)14(22)19(15(18)23)8-12(20)17-11-5-3-10(16)4-6-11/h3-6,9H,7-8H2,1-2H3,(H,17,20). The molecular weight excluding hydrogens is 305 g/mol. The number of anilines is 1. The third-order valence-electron chi connectivity index (χ3n) is 3.11. The minimum absolute atomic E-state index is 0.00342. The Labute approximate surface area is 132 Å². The van der Waals surface area contributed by atoms with Gasteiger partial charge in [-0.2, -0.15) is 0 Å². The highest BCUT2D eigenvalue weighted by atomic mass is 19.1. The topological polar surface area (TPSA) is 86.8 Å². The van der Waals surface area contributed by atoms with E-state index in [-0.39, 0.29) is 12.5 Å². The van der Waals surface area contributed by atoms with Gasteiger partial charge >= 0.3 is 17.8 Å². The molecule has 1 saturated heterocycles. The van der Waals surface area contributed by atoms with Gasteiger partial charge in [0, 0.05) is 12.2 Å². The van der Waals surface area contributed by atoms with E-state index < -0.39 is 36.1 Å². The molecule has 1 aliphatic heterocycles. The number of carbonyl (C=O) groups is 4. The first-order valence-electron chi connectivity index (χ1n) is 7.02. The lowest BCUT2D eigenvalue weighted by atomic mass is 10.2. The summed E-state index contributed by atoms with van der Waals surface area (Å²) in [5, 5.41) is 2.43. The molecule has 0 saturated carbocycles. The number of imide groups is 2. The largest absolute Gasteiger partial charge is 0.334 e. The van der Waals surface area contributed by atoms with Crippen LogP contribution in [0.2, 0.25) is 0 Å². The van der Waals surface area contributed by atoms with Crippen LogP contribution in [0.4, 0.5) is 14.9 Å². The predicted octanol–water partition coefficient (Wildman–Crippen LogP) is 1.21. The highest BCUT2D eigenvalue weighted by Crippen LogP contribution is 2.15. The first kappa shape index (κ1) is 16.6. The monoisotopic (exact) mass is 321 g/mol. The third kappa shape index (κ3) is 3.71. The molecule has 5 amide bonds. The molecule has 0 bridgehead atoms. The van der Waals surface area contributed by atoms with Crippen LogP contribution in [0, 0.1) is 11.7 Å². The van der Waals surface area contributed by atoms with Crippen LogP contribution in [0.25, 0.3) is 0 Å². The molecule has 1 fully saturated rings. The number of hydrogen-bond acceptors (Lipinski definition) is 4. The smallest absolute Gasteiger partial charge is 0.325 e. The van der Waals surface area contributed by atoms with Crippen LogP contribution in [0.1, 0.15) is 13.8 Å². The molecule has 0 aliphatic carbocycles. The van der Waals surface area contributed by atoms with E-state index in [2.05, 4.69) is 5.32 Å². The van der Waals surface area contributed by atoms with Crippen molar-refractivity contribution in [3.8, 4) is 0 Å². The van der Waals surface area contributed by atoms with Crippen LogP contribution >= 0.6 is 0 Å². The molecule has 1 aliphatic rings. The summed E-state index contributed by atoms with van der Waals surface area (Å²) in [6.07, 6.45) is 0. The molecule has 0 spiro atoms. The molecular formula is C15H16FN3O4. The quantitative estimate of drug-likeness (QED) is 0.652. The van der Waals surface area contributed by atoms with Gasteiger partial charge in [0.2, 0.25) is 5.91 Å². The number of nitrogens with zero attached hydrogens (tertiary/aromatic N) is 2. The van der Waals surface area contributed by atoms with E-state index in [0.717, 1.165) is 17.0 Å². The van der Waals surface area contributed by atoms with E-state index in [1.54, 1.807) is 13.8 Å². The highest BCUT2D eigenvalue weighted by molar-refractivity contribution is 6.45. The van der Waals surface area contributed by atoms with Crippen molar-refractivity contribution in [2.45, 2.75) is 13.8 Å². The zero-order valence-electron chi connectivity index (χ0n) is 12.7. The van der Waals surface area contributed by atoms with E-state index in [0.29, 0.717) is 10.6 Å². The minimum atomic E-state index is -1.02.